The fourth-order valence-electron chi connectivity index (χ4n) is 4.33. The van der Waals surface area contributed by atoms with E-state index < -0.39 is 4.92 Å². The Morgan fingerprint density at radius 2 is 1.85 bits per heavy atom. The average molecular weight is 468 g/mol. The topological polar surface area (TPSA) is 78.9 Å². The number of hydrogen-bond acceptors (Lipinski definition) is 7. The molecule has 1 saturated heterocycles. The molecule has 1 aliphatic heterocycles. The lowest BCUT2D eigenvalue weighted by Gasteiger charge is -2.36. The number of para-hydroxylation sites is 1. The zero-order valence-electron chi connectivity index (χ0n) is 19.4. The predicted octanol–water partition coefficient (Wildman–Crippen LogP) is 4.42. The quantitative estimate of drug-likeness (QED) is 0.323. The molecule has 8 nitrogen and oxygen atoms in total. The highest BCUT2D eigenvalue weighted by atomic mass is 19.1. The number of anilines is 1. The summed E-state index contributed by atoms with van der Waals surface area (Å²) in [5.74, 6) is 0.494. The van der Waals surface area contributed by atoms with Gasteiger partial charge < -0.3 is 9.42 Å². The normalized spacial score (nSPS) is 14.6. The second-order valence-electron chi connectivity index (χ2n) is 8.48. The first kappa shape index (κ1) is 23.8. The monoisotopic (exact) mass is 467 g/mol. The lowest BCUT2D eigenvalue weighted by Crippen LogP contribution is -2.47. The van der Waals surface area contributed by atoms with E-state index in [0.29, 0.717) is 23.6 Å². The highest BCUT2D eigenvalue weighted by Crippen LogP contribution is 2.29. The average Bonchev–Trinajstić information content (AvgIpc) is 3.33. The van der Waals surface area contributed by atoms with E-state index in [1.807, 2.05) is 12.1 Å². The summed E-state index contributed by atoms with van der Waals surface area (Å²) in [6.07, 6.45) is 1.04. The SMILES string of the molecule is CCN(CCCN1CCN(c2ccc(F)cc2)CC1)Cc1cc(-c2ccccc2[N+](=O)[O-])no1. The summed E-state index contributed by atoms with van der Waals surface area (Å²) in [4.78, 5) is 18.0. The van der Waals surface area contributed by atoms with Crippen LogP contribution in [0.25, 0.3) is 11.3 Å². The van der Waals surface area contributed by atoms with Crippen molar-refractivity contribution in [2.45, 2.75) is 19.9 Å². The molecule has 0 unspecified atom stereocenters. The number of rotatable bonds is 10. The maximum Gasteiger partial charge on any atom is 0.278 e. The van der Waals surface area contributed by atoms with E-state index in [2.05, 4.69) is 26.8 Å². The number of halogens is 1. The van der Waals surface area contributed by atoms with Gasteiger partial charge in [-0.1, -0.05) is 24.2 Å². The van der Waals surface area contributed by atoms with Crippen LogP contribution in [0.2, 0.25) is 0 Å². The fraction of sp³-hybridized carbons (Fsp3) is 0.400. The lowest BCUT2D eigenvalue weighted by atomic mass is 10.1. The van der Waals surface area contributed by atoms with E-state index in [9.17, 15) is 14.5 Å². The van der Waals surface area contributed by atoms with Gasteiger partial charge in [-0.25, -0.2) is 4.39 Å². The smallest absolute Gasteiger partial charge is 0.278 e. The van der Waals surface area contributed by atoms with Gasteiger partial charge in [-0.15, -0.1) is 0 Å². The number of nitrogens with zero attached hydrogens (tertiary/aromatic N) is 5. The number of hydrogen-bond donors (Lipinski definition) is 0. The molecule has 0 aliphatic carbocycles. The molecule has 0 bridgehead atoms. The molecule has 0 radical (unpaired) electrons. The maximum absolute atomic E-state index is 13.1. The first-order chi connectivity index (χ1) is 16.5. The van der Waals surface area contributed by atoms with Crippen molar-refractivity contribution in [3.63, 3.8) is 0 Å². The van der Waals surface area contributed by atoms with E-state index in [1.54, 1.807) is 24.3 Å². The number of nitro benzene ring substituents is 1. The molecule has 2 heterocycles. The molecule has 2 aromatic carbocycles. The van der Waals surface area contributed by atoms with Gasteiger partial charge in [0, 0.05) is 44.0 Å². The third-order valence-electron chi connectivity index (χ3n) is 6.28. The number of piperazine rings is 1. The molecule has 1 aromatic heterocycles. The van der Waals surface area contributed by atoms with E-state index in [-0.39, 0.29) is 11.5 Å². The second-order valence-corrected chi connectivity index (χ2v) is 8.48. The molecule has 34 heavy (non-hydrogen) atoms. The summed E-state index contributed by atoms with van der Waals surface area (Å²) in [6.45, 7) is 9.41. The van der Waals surface area contributed by atoms with Gasteiger partial charge in [0.05, 0.1) is 17.0 Å². The summed E-state index contributed by atoms with van der Waals surface area (Å²) in [5, 5.41) is 15.4. The lowest BCUT2D eigenvalue weighted by molar-refractivity contribution is -0.384. The second kappa shape index (κ2) is 11.2. The van der Waals surface area contributed by atoms with Gasteiger partial charge in [0.25, 0.3) is 5.69 Å². The van der Waals surface area contributed by atoms with Crippen molar-refractivity contribution in [2.75, 3.05) is 50.7 Å². The van der Waals surface area contributed by atoms with Gasteiger partial charge in [0.1, 0.15) is 11.5 Å². The highest BCUT2D eigenvalue weighted by Gasteiger charge is 2.20. The standard InChI is InChI=1S/C25H30FN5O3/c1-2-28(19-22-18-24(27-34-22)23-6-3-4-7-25(23)31(32)33)12-5-13-29-14-16-30(17-15-29)21-10-8-20(26)9-11-21/h3-4,6-11,18H,2,5,12-17,19H2,1H3. The van der Waals surface area contributed by atoms with Gasteiger partial charge in [-0.3, -0.25) is 19.9 Å². The number of benzene rings is 2. The van der Waals surface area contributed by atoms with E-state index in [4.69, 9.17) is 4.52 Å². The molecular weight excluding hydrogens is 437 g/mol. The number of aromatic nitrogens is 1. The summed E-state index contributed by atoms with van der Waals surface area (Å²) in [7, 11) is 0. The minimum absolute atomic E-state index is 0.0224. The third kappa shape index (κ3) is 5.98. The Labute approximate surface area is 198 Å². The molecular formula is C25H30FN5O3. The molecule has 4 rings (SSSR count). The molecule has 0 saturated carbocycles. The maximum atomic E-state index is 13.1. The Kier molecular flexibility index (Phi) is 7.87. The molecule has 0 amide bonds. The van der Waals surface area contributed by atoms with Crippen LogP contribution in [0.5, 0.6) is 0 Å². The summed E-state index contributed by atoms with van der Waals surface area (Å²) in [5.41, 5.74) is 2.04. The van der Waals surface area contributed by atoms with Crippen LogP contribution in [0.1, 0.15) is 19.1 Å². The molecule has 0 atom stereocenters. The Morgan fingerprint density at radius 3 is 2.56 bits per heavy atom. The van der Waals surface area contributed by atoms with Crippen molar-refractivity contribution in [1.82, 2.24) is 15.0 Å². The third-order valence-corrected chi connectivity index (χ3v) is 6.28. The largest absolute Gasteiger partial charge is 0.369 e. The van der Waals surface area contributed by atoms with E-state index >= 15 is 0 Å². The van der Waals surface area contributed by atoms with Crippen molar-refractivity contribution in [3.05, 3.63) is 76.3 Å². The van der Waals surface area contributed by atoms with Gasteiger partial charge in [-0.2, -0.15) is 0 Å². The van der Waals surface area contributed by atoms with Crippen LogP contribution in [0.15, 0.2) is 59.1 Å². The molecule has 0 spiro atoms. The van der Waals surface area contributed by atoms with Gasteiger partial charge in [0.15, 0.2) is 5.76 Å². The van der Waals surface area contributed by atoms with E-state index in [0.717, 1.165) is 57.9 Å². The van der Waals surface area contributed by atoms with Gasteiger partial charge in [-0.05, 0) is 56.4 Å². The fourth-order valence-corrected chi connectivity index (χ4v) is 4.33. The minimum Gasteiger partial charge on any atom is -0.369 e. The molecule has 3 aromatic rings. The Hall–Kier alpha value is -3.30. The van der Waals surface area contributed by atoms with E-state index in [1.165, 1.54) is 18.2 Å². The minimum atomic E-state index is -0.401. The molecule has 0 N–H and O–H groups in total. The van der Waals surface area contributed by atoms with Crippen LogP contribution in [0, 0.1) is 15.9 Å². The van der Waals surface area contributed by atoms with Crippen LogP contribution in [-0.2, 0) is 6.54 Å². The van der Waals surface area contributed by atoms with Crippen molar-refractivity contribution in [2.24, 2.45) is 0 Å². The first-order valence-electron chi connectivity index (χ1n) is 11.7. The first-order valence-corrected chi connectivity index (χ1v) is 11.7. The van der Waals surface area contributed by atoms with Crippen molar-refractivity contribution >= 4 is 11.4 Å². The summed E-state index contributed by atoms with van der Waals surface area (Å²) < 4.78 is 18.6. The summed E-state index contributed by atoms with van der Waals surface area (Å²) >= 11 is 0. The Morgan fingerprint density at radius 1 is 1.12 bits per heavy atom. The van der Waals surface area contributed by atoms with Crippen molar-refractivity contribution in [3.8, 4) is 11.3 Å². The predicted molar refractivity (Wildman–Crippen MR) is 129 cm³/mol. The van der Waals surface area contributed by atoms with Crippen LogP contribution >= 0.6 is 0 Å². The van der Waals surface area contributed by atoms with Crippen LogP contribution in [0.4, 0.5) is 15.8 Å². The van der Waals surface area contributed by atoms with Crippen molar-refractivity contribution < 1.29 is 13.8 Å². The van der Waals surface area contributed by atoms with Gasteiger partial charge >= 0.3 is 0 Å². The van der Waals surface area contributed by atoms with Crippen molar-refractivity contribution in [1.29, 1.82) is 0 Å². The van der Waals surface area contributed by atoms with Crippen LogP contribution in [-0.4, -0.2) is 65.7 Å². The number of nitro groups is 1. The Bertz CT molecular complexity index is 1080. The molecule has 1 fully saturated rings. The highest BCUT2D eigenvalue weighted by molar-refractivity contribution is 5.70. The van der Waals surface area contributed by atoms with Gasteiger partial charge in [0.2, 0.25) is 0 Å². The zero-order valence-corrected chi connectivity index (χ0v) is 19.4. The summed E-state index contributed by atoms with van der Waals surface area (Å²) in [6, 6.07) is 15.1. The van der Waals surface area contributed by atoms with Crippen LogP contribution < -0.4 is 4.90 Å². The molecule has 9 heteroatoms. The zero-order chi connectivity index (χ0) is 23.9. The molecule has 180 valence electrons. The van der Waals surface area contributed by atoms with Crippen LogP contribution in [0.3, 0.4) is 0 Å². The molecule has 1 aliphatic rings. The Balaban J connectivity index is 1.24.